The Labute approximate surface area is 121 Å². The molecule has 20 heavy (non-hydrogen) atoms. The second kappa shape index (κ2) is 7.12. The van der Waals surface area contributed by atoms with Crippen LogP contribution >= 0.6 is 11.6 Å². The predicted molar refractivity (Wildman–Crippen MR) is 76.4 cm³/mol. The molecule has 1 aromatic rings. The highest BCUT2D eigenvalue weighted by Gasteiger charge is 2.19. The van der Waals surface area contributed by atoms with Gasteiger partial charge in [-0.05, 0) is 12.5 Å². The first-order valence-corrected chi connectivity index (χ1v) is 6.44. The van der Waals surface area contributed by atoms with Crippen LogP contribution in [0.15, 0.2) is 12.1 Å². The Morgan fingerprint density at radius 2 is 2.15 bits per heavy atom. The lowest BCUT2D eigenvalue weighted by molar-refractivity contribution is -0.119. The highest BCUT2D eigenvalue weighted by Crippen LogP contribution is 2.31. The lowest BCUT2D eigenvalue weighted by atomic mass is 10.1. The van der Waals surface area contributed by atoms with Gasteiger partial charge in [0.25, 0.3) is 0 Å². The Morgan fingerprint density at radius 3 is 2.60 bits per heavy atom. The second-order valence-corrected chi connectivity index (χ2v) is 4.57. The van der Waals surface area contributed by atoms with Crippen LogP contribution in [-0.4, -0.2) is 30.6 Å². The molecule has 0 aliphatic rings. The van der Waals surface area contributed by atoms with E-state index >= 15 is 0 Å². The van der Waals surface area contributed by atoms with Crippen molar-refractivity contribution in [1.82, 2.24) is 0 Å². The smallest absolute Gasteiger partial charge is 0.339 e. The molecule has 0 saturated heterocycles. The lowest BCUT2D eigenvalue weighted by Gasteiger charge is -2.15. The van der Waals surface area contributed by atoms with E-state index in [2.05, 4.69) is 5.32 Å². The number of hydrogen-bond acceptors (Lipinski definition) is 4. The number of halogens is 1. The van der Waals surface area contributed by atoms with Crippen molar-refractivity contribution < 1.29 is 19.4 Å². The van der Waals surface area contributed by atoms with Crippen molar-refractivity contribution in [2.24, 2.45) is 11.7 Å². The zero-order valence-electron chi connectivity index (χ0n) is 11.3. The van der Waals surface area contributed by atoms with Crippen molar-refractivity contribution in [3.63, 3.8) is 0 Å². The van der Waals surface area contributed by atoms with Crippen molar-refractivity contribution in [3.8, 4) is 5.75 Å². The van der Waals surface area contributed by atoms with Crippen LogP contribution in [0.2, 0.25) is 5.02 Å². The normalized spacial score (nSPS) is 11.8. The summed E-state index contributed by atoms with van der Waals surface area (Å²) in [5.41, 5.74) is 5.73. The van der Waals surface area contributed by atoms with Gasteiger partial charge in [-0.1, -0.05) is 18.5 Å². The molecule has 0 bridgehead atoms. The number of nitrogens with one attached hydrogen (secondary N) is 1. The zero-order valence-corrected chi connectivity index (χ0v) is 12.0. The van der Waals surface area contributed by atoms with E-state index in [1.807, 2.05) is 6.92 Å². The molecule has 0 aliphatic heterocycles. The molecule has 0 radical (unpaired) electrons. The lowest BCUT2D eigenvalue weighted by Crippen LogP contribution is -2.28. The first-order chi connectivity index (χ1) is 9.44. The molecular weight excluding hydrogens is 284 g/mol. The molecule has 110 valence electrons. The van der Waals surface area contributed by atoms with Gasteiger partial charge in [0.1, 0.15) is 11.3 Å². The topological polar surface area (TPSA) is 102 Å². The molecule has 0 fully saturated rings. The summed E-state index contributed by atoms with van der Waals surface area (Å²) in [6, 6.07) is 2.62. The molecule has 0 aromatic heterocycles. The van der Waals surface area contributed by atoms with Crippen LogP contribution in [0.5, 0.6) is 5.75 Å². The van der Waals surface area contributed by atoms with Gasteiger partial charge >= 0.3 is 5.97 Å². The molecule has 1 atom stereocenters. The van der Waals surface area contributed by atoms with E-state index < -0.39 is 5.97 Å². The molecule has 0 aliphatic carbocycles. The SMILES string of the molecule is CCC(CN)C(=O)Nc1cc(OC)c(C(=O)O)cc1Cl. The molecule has 1 amide bonds. The Hall–Kier alpha value is -1.79. The van der Waals surface area contributed by atoms with Crippen LogP contribution in [0.4, 0.5) is 5.69 Å². The molecule has 4 N–H and O–H groups in total. The number of hydrogen-bond donors (Lipinski definition) is 3. The maximum atomic E-state index is 11.9. The van der Waals surface area contributed by atoms with Gasteiger partial charge in [-0.25, -0.2) is 4.79 Å². The molecule has 1 rings (SSSR count). The van der Waals surface area contributed by atoms with E-state index in [9.17, 15) is 9.59 Å². The molecule has 0 saturated carbocycles. The van der Waals surface area contributed by atoms with Crippen molar-refractivity contribution >= 4 is 29.2 Å². The van der Waals surface area contributed by atoms with Crippen molar-refractivity contribution in [3.05, 3.63) is 22.7 Å². The Bertz CT molecular complexity index is 515. The maximum Gasteiger partial charge on any atom is 0.339 e. The first-order valence-electron chi connectivity index (χ1n) is 6.06. The maximum absolute atomic E-state index is 11.9. The van der Waals surface area contributed by atoms with Gasteiger partial charge in [0.2, 0.25) is 5.91 Å². The fourth-order valence-electron chi connectivity index (χ4n) is 1.68. The largest absolute Gasteiger partial charge is 0.496 e. The average molecular weight is 301 g/mol. The number of carbonyl (C=O) groups excluding carboxylic acids is 1. The molecule has 1 unspecified atom stereocenters. The monoisotopic (exact) mass is 300 g/mol. The van der Waals surface area contributed by atoms with E-state index in [0.29, 0.717) is 12.1 Å². The van der Waals surface area contributed by atoms with Gasteiger partial charge in [0.15, 0.2) is 0 Å². The minimum absolute atomic E-state index is 0.0682. The second-order valence-electron chi connectivity index (χ2n) is 4.17. The number of carbonyl (C=O) groups is 2. The highest BCUT2D eigenvalue weighted by atomic mass is 35.5. The summed E-state index contributed by atoms with van der Waals surface area (Å²) < 4.78 is 4.98. The van der Waals surface area contributed by atoms with E-state index in [1.165, 1.54) is 19.2 Å². The number of ether oxygens (including phenoxy) is 1. The number of benzene rings is 1. The fourth-order valence-corrected chi connectivity index (χ4v) is 1.89. The summed E-state index contributed by atoms with van der Waals surface area (Å²) in [5.74, 6) is -1.62. The minimum Gasteiger partial charge on any atom is -0.496 e. The van der Waals surface area contributed by atoms with Crippen LogP contribution in [0.25, 0.3) is 0 Å². The number of nitrogens with two attached hydrogens (primary N) is 1. The number of rotatable bonds is 6. The van der Waals surface area contributed by atoms with Crippen LogP contribution in [0.1, 0.15) is 23.7 Å². The summed E-state index contributed by atoms with van der Waals surface area (Å²) in [4.78, 5) is 23.0. The highest BCUT2D eigenvalue weighted by molar-refractivity contribution is 6.34. The number of aromatic carboxylic acids is 1. The zero-order chi connectivity index (χ0) is 15.3. The van der Waals surface area contributed by atoms with Gasteiger partial charge in [-0.2, -0.15) is 0 Å². The summed E-state index contributed by atoms with van der Waals surface area (Å²) in [7, 11) is 1.34. The molecule has 0 spiro atoms. The summed E-state index contributed by atoms with van der Waals surface area (Å²) in [6.45, 7) is 2.08. The predicted octanol–water partition coefficient (Wildman–Crippen LogP) is 1.97. The molecule has 1 aromatic carbocycles. The van der Waals surface area contributed by atoms with Crippen molar-refractivity contribution in [2.45, 2.75) is 13.3 Å². The fraction of sp³-hybridized carbons (Fsp3) is 0.385. The van der Waals surface area contributed by atoms with Crippen LogP contribution in [0, 0.1) is 5.92 Å². The number of anilines is 1. The Balaban J connectivity index is 3.08. The van der Waals surface area contributed by atoms with Crippen molar-refractivity contribution in [1.29, 1.82) is 0 Å². The molecular formula is C13H17ClN2O4. The first kappa shape index (κ1) is 16.3. The third-order valence-corrected chi connectivity index (χ3v) is 3.24. The number of amides is 1. The van der Waals surface area contributed by atoms with E-state index in [0.717, 1.165) is 0 Å². The third-order valence-electron chi connectivity index (χ3n) is 2.93. The van der Waals surface area contributed by atoms with Gasteiger partial charge in [0.05, 0.1) is 23.7 Å². The number of methoxy groups -OCH3 is 1. The van der Waals surface area contributed by atoms with E-state index in [4.69, 9.17) is 27.2 Å². The van der Waals surface area contributed by atoms with Crippen molar-refractivity contribution in [2.75, 3.05) is 19.0 Å². The van der Waals surface area contributed by atoms with Gasteiger partial charge in [-0.3, -0.25) is 4.79 Å². The molecule has 0 heterocycles. The van der Waals surface area contributed by atoms with Gasteiger partial charge in [-0.15, -0.1) is 0 Å². The minimum atomic E-state index is -1.16. The molecule has 6 nitrogen and oxygen atoms in total. The number of carboxylic acids is 1. The Kier molecular flexibility index (Phi) is 5.79. The quantitative estimate of drug-likeness (QED) is 0.745. The van der Waals surface area contributed by atoms with Crippen LogP contribution in [-0.2, 0) is 4.79 Å². The number of carboxylic acid groups (broad SMARTS) is 1. The van der Waals surface area contributed by atoms with E-state index in [-0.39, 0.29) is 34.7 Å². The van der Waals surface area contributed by atoms with Gasteiger partial charge in [0, 0.05) is 12.6 Å². The van der Waals surface area contributed by atoms with Crippen LogP contribution < -0.4 is 15.8 Å². The standard InChI is InChI=1S/C13H17ClN2O4/c1-3-7(6-15)12(17)16-10-5-11(20-2)8(13(18)19)4-9(10)14/h4-5,7H,3,6,15H2,1-2H3,(H,16,17)(H,18,19). The summed E-state index contributed by atoms with van der Waals surface area (Å²) >= 11 is 5.97. The average Bonchev–Trinajstić information content (AvgIpc) is 2.41. The summed E-state index contributed by atoms with van der Waals surface area (Å²) in [6.07, 6.45) is 0.601. The summed E-state index contributed by atoms with van der Waals surface area (Å²) in [5, 5.41) is 11.8. The van der Waals surface area contributed by atoms with E-state index in [1.54, 1.807) is 0 Å². The Morgan fingerprint density at radius 1 is 1.50 bits per heavy atom. The third kappa shape index (κ3) is 3.61. The van der Waals surface area contributed by atoms with Gasteiger partial charge < -0.3 is 20.9 Å². The van der Waals surface area contributed by atoms with Crippen LogP contribution in [0.3, 0.4) is 0 Å². The molecule has 7 heteroatoms.